The molecule has 88 valence electrons. The number of nitrogens with zero attached hydrogens (tertiary/aromatic N) is 4. The lowest BCUT2D eigenvalue weighted by Crippen LogP contribution is -2.31. The highest BCUT2D eigenvalue weighted by Gasteiger charge is 2.30. The second-order valence-corrected chi connectivity index (χ2v) is 5.94. The molecule has 1 aliphatic rings. The largest absolute Gasteiger partial charge is 0.610 e. The van der Waals surface area contributed by atoms with Crippen molar-refractivity contribution in [2.45, 2.75) is 11.3 Å². The Bertz CT molecular complexity index is 398. The Kier molecular flexibility index (Phi) is 3.28. The van der Waals surface area contributed by atoms with Crippen LogP contribution in [0, 0.1) is 0 Å². The molecule has 1 fully saturated rings. The lowest BCUT2D eigenvalue weighted by molar-refractivity contribution is 0.217. The van der Waals surface area contributed by atoms with Gasteiger partial charge in [0.1, 0.15) is 5.75 Å². The van der Waals surface area contributed by atoms with Gasteiger partial charge in [0.2, 0.25) is 5.13 Å². The second-order valence-electron chi connectivity index (χ2n) is 3.07. The minimum atomic E-state index is -1.12. The Morgan fingerprint density at radius 3 is 2.94 bits per heavy atom. The number of urea groups is 1. The average Bonchev–Trinajstić information content (AvgIpc) is 2.87. The van der Waals surface area contributed by atoms with E-state index in [4.69, 9.17) is 0 Å². The van der Waals surface area contributed by atoms with Crippen molar-refractivity contribution in [2.24, 2.45) is 0 Å². The predicted octanol–water partition coefficient (Wildman–Crippen LogP) is -0.000500. The number of carbonyl (C=O) groups is 1. The SMILES string of the molecule is CC[S+]([O-])c1nnc(N2CNN(C)C2=O)s1. The molecule has 1 atom stereocenters. The molecule has 0 aliphatic carbocycles. The van der Waals surface area contributed by atoms with Crippen molar-refractivity contribution in [1.82, 2.24) is 20.6 Å². The van der Waals surface area contributed by atoms with Gasteiger partial charge in [0.15, 0.2) is 0 Å². The number of hydrazine groups is 1. The number of aromatic nitrogens is 2. The van der Waals surface area contributed by atoms with Crippen LogP contribution in [0.5, 0.6) is 0 Å². The van der Waals surface area contributed by atoms with Crippen molar-refractivity contribution in [2.75, 3.05) is 24.4 Å². The van der Waals surface area contributed by atoms with E-state index in [1.807, 2.05) is 6.92 Å². The summed E-state index contributed by atoms with van der Waals surface area (Å²) in [4.78, 5) is 13.1. The highest BCUT2D eigenvalue weighted by molar-refractivity contribution is 7.93. The van der Waals surface area contributed by atoms with Gasteiger partial charge < -0.3 is 4.55 Å². The molecule has 0 saturated carbocycles. The summed E-state index contributed by atoms with van der Waals surface area (Å²) in [5, 5.41) is 9.53. The van der Waals surface area contributed by atoms with Gasteiger partial charge in [0.05, 0.1) is 6.67 Å². The van der Waals surface area contributed by atoms with E-state index in [2.05, 4.69) is 15.6 Å². The van der Waals surface area contributed by atoms with Crippen molar-refractivity contribution in [3.05, 3.63) is 0 Å². The van der Waals surface area contributed by atoms with Crippen LogP contribution in [0.1, 0.15) is 6.92 Å². The summed E-state index contributed by atoms with van der Waals surface area (Å²) in [6.07, 6.45) is 0. The summed E-state index contributed by atoms with van der Waals surface area (Å²) in [6.45, 7) is 2.18. The van der Waals surface area contributed by atoms with Crippen LogP contribution >= 0.6 is 11.3 Å². The van der Waals surface area contributed by atoms with Crippen molar-refractivity contribution < 1.29 is 9.35 Å². The van der Waals surface area contributed by atoms with Crippen molar-refractivity contribution >= 4 is 33.7 Å². The lowest BCUT2D eigenvalue weighted by atomic mass is 10.8. The highest BCUT2D eigenvalue weighted by atomic mass is 32.2. The van der Waals surface area contributed by atoms with Crippen LogP contribution in [0.15, 0.2) is 4.34 Å². The number of hydrogen-bond acceptors (Lipinski definition) is 6. The number of amides is 2. The predicted molar refractivity (Wildman–Crippen MR) is 60.5 cm³/mol. The summed E-state index contributed by atoms with van der Waals surface area (Å²) in [6, 6.07) is -0.190. The number of nitrogens with one attached hydrogen (secondary N) is 1. The molecule has 0 spiro atoms. The molecular formula is C7H11N5O2S2. The first-order valence-electron chi connectivity index (χ1n) is 4.64. The fraction of sp³-hybridized carbons (Fsp3) is 0.571. The maximum absolute atomic E-state index is 11.6. The second kappa shape index (κ2) is 4.53. The van der Waals surface area contributed by atoms with Crippen LogP contribution < -0.4 is 10.3 Å². The Morgan fingerprint density at radius 2 is 2.38 bits per heavy atom. The van der Waals surface area contributed by atoms with Gasteiger partial charge in [-0.15, -0.1) is 5.10 Å². The fourth-order valence-corrected chi connectivity index (χ4v) is 3.07. The summed E-state index contributed by atoms with van der Waals surface area (Å²) in [5.74, 6) is 0.501. The quantitative estimate of drug-likeness (QED) is 0.611. The van der Waals surface area contributed by atoms with Gasteiger partial charge in [-0.1, -0.05) is 5.10 Å². The first-order valence-corrected chi connectivity index (χ1v) is 6.77. The van der Waals surface area contributed by atoms with E-state index < -0.39 is 11.2 Å². The third kappa shape index (κ3) is 1.98. The van der Waals surface area contributed by atoms with Gasteiger partial charge in [-0.2, -0.15) is 0 Å². The van der Waals surface area contributed by atoms with Gasteiger partial charge in [0.25, 0.3) is 0 Å². The van der Waals surface area contributed by atoms with E-state index in [9.17, 15) is 9.35 Å². The molecule has 0 aromatic carbocycles. The number of anilines is 1. The van der Waals surface area contributed by atoms with Crippen LogP contribution in [-0.4, -0.2) is 45.3 Å². The minimum absolute atomic E-state index is 0.190. The van der Waals surface area contributed by atoms with Crippen molar-refractivity contribution in [3.8, 4) is 0 Å². The van der Waals surface area contributed by atoms with E-state index >= 15 is 0 Å². The van der Waals surface area contributed by atoms with E-state index in [1.165, 1.54) is 21.2 Å². The van der Waals surface area contributed by atoms with Crippen molar-refractivity contribution in [1.29, 1.82) is 0 Å². The first-order chi connectivity index (χ1) is 7.63. The lowest BCUT2D eigenvalue weighted by Gasteiger charge is -2.08. The molecule has 7 nitrogen and oxygen atoms in total. The molecule has 16 heavy (non-hydrogen) atoms. The molecule has 1 aromatic rings. The van der Waals surface area contributed by atoms with Gasteiger partial charge in [-0.25, -0.2) is 10.2 Å². The molecule has 2 amide bonds. The molecule has 1 N–H and O–H groups in total. The summed E-state index contributed by atoms with van der Waals surface area (Å²) >= 11 is 0.0680. The monoisotopic (exact) mass is 261 g/mol. The Morgan fingerprint density at radius 1 is 1.62 bits per heavy atom. The van der Waals surface area contributed by atoms with E-state index in [1.54, 1.807) is 7.05 Å². The van der Waals surface area contributed by atoms with Crippen molar-refractivity contribution in [3.63, 3.8) is 0 Å². The minimum Gasteiger partial charge on any atom is -0.610 e. The van der Waals surface area contributed by atoms with E-state index in [0.29, 0.717) is 21.9 Å². The third-order valence-electron chi connectivity index (χ3n) is 2.07. The van der Waals surface area contributed by atoms with E-state index in [-0.39, 0.29) is 6.03 Å². The molecule has 0 bridgehead atoms. The van der Waals surface area contributed by atoms with Gasteiger partial charge in [0, 0.05) is 18.2 Å². The Balaban J connectivity index is 2.16. The van der Waals surface area contributed by atoms with Gasteiger partial charge in [-0.3, -0.25) is 9.91 Å². The zero-order valence-electron chi connectivity index (χ0n) is 8.84. The van der Waals surface area contributed by atoms with Crippen LogP contribution in [0.3, 0.4) is 0 Å². The van der Waals surface area contributed by atoms with Gasteiger partial charge in [-0.05, 0) is 18.3 Å². The fourth-order valence-electron chi connectivity index (χ4n) is 1.17. The average molecular weight is 261 g/mol. The first kappa shape index (κ1) is 11.6. The number of hydrogen-bond donors (Lipinski definition) is 1. The maximum Gasteiger partial charge on any atom is 0.341 e. The number of rotatable bonds is 3. The smallest absolute Gasteiger partial charge is 0.341 e. The maximum atomic E-state index is 11.6. The Hall–Kier alpha value is -0.900. The topological polar surface area (TPSA) is 84.4 Å². The molecule has 1 unspecified atom stereocenters. The van der Waals surface area contributed by atoms with Crippen LogP contribution in [0.25, 0.3) is 0 Å². The van der Waals surface area contributed by atoms with Gasteiger partial charge >= 0.3 is 10.4 Å². The highest BCUT2D eigenvalue weighted by Crippen LogP contribution is 2.25. The molecular weight excluding hydrogens is 250 g/mol. The van der Waals surface area contributed by atoms with Crippen LogP contribution in [-0.2, 0) is 11.2 Å². The summed E-state index contributed by atoms with van der Waals surface area (Å²) < 4.78 is 11.9. The Labute approximate surface area is 99.6 Å². The molecule has 1 aromatic heterocycles. The molecule has 2 rings (SSSR count). The zero-order valence-corrected chi connectivity index (χ0v) is 10.5. The normalized spacial score (nSPS) is 18.3. The number of carbonyl (C=O) groups excluding carboxylic acids is 1. The summed E-state index contributed by atoms with van der Waals surface area (Å²) in [5.41, 5.74) is 2.84. The zero-order chi connectivity index (χ0) is 11.7. The molecule has 2 heterocycles. The third-order valence-corrected chi connectivity index (χ3v) is 4.61. The molecule has 9 heteroatoms. The van der Waals surface area contributed by atoms with E-state index in [0.717, 1.165) is 0 Å². The molecule has 1 saturated heterocycles. The van der Waals surface area contributed by atoms with Crippen LogP contribution in [0.4, 0.5) is 9.93 Å². The van der Waals surface area contributed by atoms with Crippen LogP contribution in [0.2, 0.25) is 0 Å². The standard InChI is InChI=1S/C7H11N5O2S2/c1-3-16(14)6-10-9-5(15-6)12-4-8-11(2)7(12)13/h8H,3-4H2,1-2H3. The molecule has 0 radical (unpaired) electrons. The summed E-state index contributed by atoms with van der Waals surface area (Å²) in [7, 11) is 1.63. The molecule has 1 aliphatic heterocycles.